The van der Waals surface area contributed by atoms with Gasteiger partial charge >= 0.3 is 0 Å². The largest absolute Gasteiger partial charge is 0.394 e. The predicted molar refractivity (Wildman–Crippen MR) is 75.8 cm³/mol. The molecule has 0 spiro atoms. The Hall–Kier alpha value is -0.170. The van der Waals surface area contributed by atoms with Crippen molar-refractivity contribution in [3.63, 3.8) is 0 Å². The smallest absolute Gasteiger partial charge is 0.267 e. The molecule has 0 aliphatic rings. The number of hydrogen-bond acceptors (Lipinski definition) is 4. The van der Waals surface area contributed by atoms with Gasteiger partial charge in [-0.05, 0) is 13.3 Å². The highest BCUT2D eigenvalue weighted by molar-refractivity contribution is 7.85. The van der Waals surface area contributed by atoms with Crippen molar-refractivity contribution in [1.29, 1.82) is 0 Å². The molecule has 2 unspecified atom stereocenters. The van der Waals surface area contributed by atoms with Crippen molar-refractivity contribution in [2.45, 2.75) is 71.0 Å². The van der Waals surface area contributed by atoms with E-state index in [9.17, 15) is 8.42 Å². The van der Waals surface area contributed by atoms with Crippen molar-refractivity contribution >= 4 is 10.1 Å². The first-order chi connectivity index (χ1) is 8.89. The molecule has 2 N–H and O–H groups in total. The van der Waals surface area contributed by atoms with E-state index in [1.165, 1.54) is 25.7 Å². The molecule has 0 saturated carbocycles. The highest BCUT2D eigenvalue weighted by Crippen LogP contribution is 2.12. The van der Waals surface area contributed by atoms with Gasteiger partial charge in [0.05, 0.1) is 18.8 Å². The van der Waals surface area contributed by atoms with Crippen molar-refractivity contribution < 1.29 is 22.8 Å². The van der Waals surface area contributed by atoms with Crippen LogP contribution in [-0.4, -0.2) is 42.6 Å². The Morgan fingerprint density at radius 1 is 1.11 bits per heavy atom. The van der Waals surface area contributed by atoms with Crippen LogP contribution in [-0.2, 0) is 14.9 Å². The molecule has 0 aromatic carbocycles. The Balaban J connectivity index is 3.73. The molecule has 0 rings (SSSR count). The lowest BCUT2D eigenvalue weighted by atomic mass is 10.1. The second-order valence-electron chi connectivity index (χ2n) is 5.06. The Morgan fingerprint density at radius 2 is 1.68 bits per heavy atom. The van der Waals surface area contributed by atoms with Crippen LogP contribution >= 0.6 is 0 Å². The topological polar surface area (TPSA) is 83.8 Å². The molecule has 5 nitrogen and oxygen atoms in total. The summed E-state index contributed by atoms with van der Waals surface area (Å²) >= 11 is 0. The summed E-state index contributed by atoms with van der Waals surface area (Å²) in [5.41, 5.74) is 0. The fourth-order valence-corrected chi connectivity index (χ4v) is 2.63. The maximum Gasteiger partial charge on any atom is 0.267 e. The third kappa shape index (κ3) is 12.6. The zero-order chi connectivity index (χ0) is 14.7. The first-order valence-electron chi connectivity index (χ1n) is 7.10. The number of aliphatic hydroxyl groups excluding tert-OH is 1. The van der Waals surface area contributed by atoms with Gasteiger partial charge in [-0.1, -0.05) is 45.4 Å². The van der Waals surface area contributed by atoms with Gasteiger partial charge in [0, 0.05) is 0 Å². The van der Waals surface area contributed by atoms with Crippen LogP contribution < -0.4 is 0 Å². The van der Waals surface area contributed by atoms with Gasteiger partial charge in [-0.25, -0.2) is 0 Å². The normalized spacial score (nSPS) is 15.4. The molecule has 6 heteroatoms. The van der Waals surface area contributed by atoms with Crippen molar-refractivity contribution in [2.75, 3.05) is 12.4 Å². The van der Waals surface area contributed by atoms with E-state index < -0.39 is 28.6 Å². The Bertz CT molecular complexity index is 302. The second-order valence-corrected chi connectivity index (χ2v) is 6.55. The third-order valence-corrected chi connectivity index (χ3v) is 3.78. The van der Waals surface area contributed by atoms with Crippen molar-refractivity contribution in [1.82, 2.24) is 0 Å². The van der Waals surface area contributed by atoms with E-state index in [1.54, 1.807) is 0 Å². The van der Waals surface area contributed by atoms with Crippen molar-refractivity contribution in [3.05, 3.63) is 0 Å². The maximum atomic E-state index is 10.7. The molecular weight excluding hydrogens is 268 g/mol. The van der Waals surface area contributed by atoms with E-state index in [0.717, 1.165) is 19.3 Å². The van der Waals surface area contributed by atoms with Gasteiger partial charge in [-0.3, -0.25) is 4.55 Å². The van der Waals surface area contributed by atoms with Gasteiger partial charge in [0.2, 0.25) is 0 Å². The lowest BCUT2D eigenvalue weighted by molar-refractivity contribution is -0.0234. The Kier molecular flexibility index (Phi) is 10.5. The molecule has 0 aliphatic heterocycles. The van der Waals surface area contributed by atoms with Gasteiger partial charge < -0.3 is 9.84 Å². The van der Waals surface area contributed by atoms with E-state index in [4.69, 9.17) is 14.4 Å². The SMILES string of the molecule is CCCCCCCCC(C)OC(CO)CS(=O)(=O)O. The summed E-state index contributed by atoms with van der Waals surface area (Å²) in [5.74, 6) is -0.551. The van der Waals surface area contributed by atoms with Crippen LogP contribution in [0.4, 0.5) is 0 Å². The summed E-state index contributed by atoms with van der Waals surface area (Å²) in [4.78, 5) is 0. The molecule has 19 heavy (non-hydrogen) atoms. The fraction of sp³-hybridized carbons (Fsp3) is 1.00. The van der Waals surface area contributed by atoms with E-state index in [1.807, 2.05) is 6.92 Å². The summed E-state index contributed by atoms with van der Waals surface area (Å²) < 4.78 is 35.5. The molecule has 0 heterocycles. The van der Waals surface area contributed by atoms with E-state index in [0.29, 0.717) is 0 Å². The summed E-state index contributed by atoms with van der Waals surface area (Å²) in [5, 5.41) is 9.01. The molecule has 116 valence electrons. The number of hydrogen-bond donors (Lipinski definition) is 2. The minimum Gasteiger partial charge on any atom is -0.394 e. The zero-order valence-electron chi connectivity index (χ0n) is 12.0. The number of ether oxygens (including phenoxy) is 1. The minimum atomic E-state index is -4.10. The molecule has 0 fully saturated rings. The lowest BCUT2D eigenvalue weighted by Gasteiger charge is -2.19. The molecule has 2 atom stereocenters. The van der Waals surface area contributed by atoms with Crippen LogP contribution in [0.25, 0.3) is 0 Å². The molecule has 0 bridgehead atoms. The lowest BCUT2D eigenvalue weighted by Crippen LogP contribution is -2.30. The quantitative estimate of drug-likeness (QED) is 0.427. The van der Waals surface area contributed by atoms with Gasteiger partial charge in [0.1, 0.15) is 5.75 Å². The molecule has 0 aromatic heterocycles. The summed E-state index contributed by atoms with van der Waals surface area (Å²) in [7, 11) is -4.10. The molecule has 0 aromatic rings. The Labute approximate surface area is 117 Å². The second kappa shape index (κ2) is 10.6. The van der Waals surface area contributed by atoms with Gasteiger partial charge in [-0.15, -0.1) is 0 Å². The standard InChI is InChI=1S/C13H28O5S/c1-3-4-5-6-7-8-9-12(2)18-13(10-14)11-19(15,16)17/h12-14H,3-11H2,1-2H3,(H,15,16,17). The average Bonchev–Trinajstić information content (AvgIpc) is 2.31. The Morgan fingerprint density at radius 3 is 2.21 bits per heavy atom. The van der Waals surface area contributed by atoms with Crippen LogP contribution in [0, 0.1) is 0 Å². The first kappa shape index (κ1) is 18.8. The summed E-state index contributed by atoms with van der Waals surface area (Å²) in [6.07, 6.45) is 7.05. The van der Waals surface area contributed by atoms with E-state index in [-0.39, 0.29) is 6.10 Å². The van der Waals surface area contributed by atoms with Crippen LogP contribution in [0.1, 0.15) is 58.8 Å². The minimum absolute atomic E-state index is 0.106. The van der Waals surface area contributed by atoms with Crippen molar-refractivity contribution in [2.24, 2.45) is 0 Å². The highest BCUT2D eigenvalue weighted by atomic mass is 32.2. The molecule has 0 amide bonds. The molecular formula is C13H28O5S. The molecule has 0 aliphatic carbocycles. The van der Waals surface area contributed by atoms with Gasteiger partial charge in [-0.2, -0.15) is 8.42 Å². The third-order valence-electron chi connectivity index (χ3n) is 2.99. The van der Waals surface area contributed by atoms with Gasteiger partial charge in [0.25, 0.3) is 10.1 Å². The van der Waals surface area contributed by atoms with Crippen LogP contribution in [0.3, 0.4) is 0 Å². The number of aliphatic hydroxyl groups is 1. The number of rotatable bonds is 12. The van der Waals surface area contributed by atoms with Gasteiger partial charge in [0.15, 0.2) is 0 Å². The monoisotopic (exact) mass is 296 g/mol. The molecule has 0 saturated heterocycles. The maximum absolute atomic E-state index is 10.7. The van der Waals surface area contributed by atoms with E-state index in [2.05, 4.69) is 6.92 Å². The van der Waals surface area contributed by atoms with Crippen LogP contribution in [0.5, 0.6) is 0 Å². The fourth-order valence-electron chi connectivity index (χ4n) is 1.98. The number of unbranched alkanes of at least 4 members (excludes halogenated alkanes) is 5. The van der Waals surface area contributed by atoms with Crippen molar-refractivity contribution in [3.8, 4) is 0 Å². The predicted octanol–water partition coefficient (Wildman–Crippen LogP) is 2.39. The molecule has 0 radical (unpaired) electrons. The zero-order valence-corrected chi connectivity index (χ0v) is 12.9. The van der Waals surface area contributed by atoms with Crippen LogP contribution in [0.15, 0.2) is 0 Å². The van der Waals surface area contributed by atoms with Crippen LogP contribution in [0.2, 0.25) is 0 Å². The highest BCUT2D eigenvalue weighted by Gasteiger charge is 2.19. The summed E-state index contributed by atoms with van der Waals surface area (Å²) in [6.45, 7) is 3.64. The first-order valence-corrected chi connectivity index (χ1v) is 8.71. The summed E-state index contributed by atoms with van der Waals surface area (Å²) in [6, 6.07) is 0. The van der Waals surface area contributed by atoms with E-state index >= 15 is 0 Å². The average molecular weight is 296 g/mol.